The van der Waals surface area contributed by atoms with Crippen molar-refractivity contribution < 1.29 is 0 Å². The second kappa shape index (κ2) is 3.73. The second-order valence-electron chi connectivity index (χ2n) is 7.76. The number of hydrogen-bond donors (Lipinski definition) is 1. The van der Waals surface area contributed by atoms with Gasteiger partial charge in [-0.1, -0.05) is 32.1 Å². The Morgan fingerprint density at radius 1 is 0.765 bits per heavy atom. The summed E-state index contributed by atoms with van der Waals surface area (Å²) >= 11 is 0. The molecule has 3 unspecified atom stereocenters. The molecule has 0 aliphatic heterocycles. The van der Waals surface area contributed by atoms with Crippen molar-refractivity contribution in [1.29, 1.82) is 0 Å². The van der Waals surface area contributed by atoms with E-state index >= 15 is 0 Å². The molecule has 5 saturated carbocycles. The monoisotopic (exact) mass is 233 g/mol. The molecule has 0 saturated heterocycles. The van der Waals surface area contributed by atoms with Crippen molar-refractivity contribution in [3.8, 4) is 0 Å². The fourth-order valence-corrected chi connectivity index (χ4v) is 6.49. The van der Waals surface area contributed by atoms with Crippen molar-refractivity contribution in [3.05, 3.63) is 0 Å². The van der Waals surface area contributed by atoms with Gasteiger partial charge in [0.25, 0.3) is 0 Å². The third kappa shape index (κ3) is 1.61. The van der Waals surface area contributed by atoms with Crippen molar-refractivity contribution in [2.45, 2.75) is 69.7 Å². The van der Waals surface area contributed by atoms with Gasteiger partial charge in [0.15, 0.2) is 0 Å². The molecule has 0 spiro atoms. The molecule has 5 aliphatic rings. The van der Waals surface area contributed by atoms with E-state index in [1.165, 1.54) is 64.2 Å². The molecule has 1 nitrogen and oxygen atoms in total. The maximum absolute atomic E-state index is 6.90. The second-order valence-corrected chi connectivity index (χ2v) is 7.76. The largest absolute Gasteiger partial charge is 0.325 e. The minimum atomic E-state index is 0.275. The van der Waals surface area contributed by atoms with Gasteiger partial charge in [0.1, 0.15) is 0 Å². The quantitative estimate of drug-likeness (QED) is 0.734. The van der Waals surface area contributed by atoms with Crippen LogP contribution < -0.4 is 5.73 Å². The molecule has 3 atom stereocenters. The smallest absolute Gasteiger partial charge is 0.0193 e. The molecule has 5 rings (SSSR count). The minimum absolute atomic E-state index is 0.275. The summed E-state index contributed by atoms with van der Waals surface area (Å²) in [5, 5.41) is 0. The molecule has 2 N–H and O–H groups in total. The van der Waals surface area contributed by atoms with Gasteiger partial charge in [-0.3, -0.25) is 0 Å². The Bertz CT molecular complexity index is 289. The van der Waals surface area contributed by atoms with E-state index in [1.54, 1.807) is 0 Å². The van der Waals surface area contributed by atoms with Crippen LogP contribution in [0.3, 0.4) is 0 Å². The van der Waals surface area contributed by atoms with Crippen LogP contribution in [-0.4, -0.2) is 5.54 Å². The van der Waals surface area contributed by atoms with Gasteiger partial charge in [0, 0.05) is 5.54 Å². The molecule has 4 bridgehead atoms. The molecular formula is C16H27N. The summed E-state index contributed by atoms with van der Waals surface area (Å²) in [5.41, 5.74) is 7.17. The number of hydrogen-bond acceptors (Lipinski definition) is 1. The van der Waals surface area contributed by atoms with E-state index in [0.29, 0.717) is 0 Å². The lowest BCUT2D eigenvalue weighted by molar-refractivity contribution is -0.0850. The Labute approximate surface area is 106 Å². The fourth-order valence-electron chi connectivity index (χ4n) is 6.49. The summed E-state index contributed by atoms with van der Waals surface area (Å²) in [4.78, 5) is 0. The molecule has 17 heavy (non-hydrogen) atoms. The Morgan fingerprint density at radius 3 is 2.00 bits per heavy atom. The lowest BCUT2D eigenvalue weighted by Gasteiger charge is -2.62. The Kier molecular flexibility index (Phi) is 2.38. The molecule has 1 heteroatoms. The first-order valence-corrected chi connectivity index (χ1v) is 8.03. The molecule has 96 valence electrons. The standard InChI is InChI=1S/C16H27N/c17-16-9-11-6-12(10-16)8-14(7-11)15(16)13-4-2-1-3-5-13/h11-15H,1-10,17H2. The molecule has 0 aromatic heterocycles. The van der Waals surface area contributed by atoms with Crippen LogP contribution in [0.5, 0.6) is 0 Å². The summed E-state index contributed by atoms with van der Waals surface area (Å²) in [7, 11) is 0. The summed E-state index contributed by atoms with van der Waals surface area (Å²) < 4.78 is 0. The molecule has 0 heterocycles. The Balaban J connectivity index is 1.61. The highest BCUT2D eigenvalue weighted by Crippen LogP contribution is 2.60. The van der Waals surface area contributed by atoms with Crippen molar-refractivity contribution >= 4 is 0 Å². The molecule has 5 fully saturated rings. The van der Waals surface area contributed by atoms with Gasteiger partial charge in [0.2, 0.25) is 0 Å². The highest BCUT2D eigenvalue weighted by atomic mass is 14.8. The summed E-state index contributed by atoms with van der Waals surface area (Å²) in [5.74, 6) is 4.96. The van der Waals surface area contributed by atoms with Gasteiger partial charge in [0.05, 0.1) is 0 Å². The zero-order valence-electron chi connectivity index (χ0n) is 11.0. The van der Waals surface area contributed by atoms with E-state index in [4.69, 9.17) is 5.73 Å². The van der Waals surface area contributed by atoms with Crippen LogP contribution in [-0.2, 0) is 0 Å². The molecule has 0 aromatic rings. The predicted octanol–water partition coefficient (Wildman–Crippen LogP) is 3.72. The van der Waals surface area contributed by atoms with Crippen LogP contribution in [0.25, 0.3) is 0 Å². The van der Waals surface area contributed by atoms with Crippen molar-refractivity contribution in [2.75, 3.05) is 0 Å². The van der Waals surface area contributed by atoms with Crippen molar-refractivity contribution in [3.63, 3.8) is 0 Å². The zero-order chi connectivity index (χ0) is 11.5. The van der Waals surface area contributed by atoms with E-state index in [9.17, 15) is 0 Å². The third-order valence-electron chi connectivity index (χ3n) is 6.61. The average Bonchev–Trinajstić information content (AvgIpc) is 2.27. The number of rotatable bonds is 1. The van der Waals surface area contributed by atoms with Gasteiger partial charge < -0.3 is 5.73 Å². The first kappa shape index (κ1) is 10.8. The van der Waals surface area contributed by atoms with E-state index in [1.807, 2.05) is 0 Å². The summed E-state index contributed by atoms with van der Waals surface area (Å²) in [6.07, 6.45) is 14.8. The molecule has 0 amide bonds. The van der Waals surface area contributed by atoms with Crippen LogP contribution in [0.2, 0.25) is 0 Å². The van der Waals surface area contributed by atoms with Crippen LogP contribution in [0, 0.1) is 29.6 Å². The summed E-state index contributed by atoms with van der Waals surface area (Å²) in [6, 6.07) is 0. The van der Waals surface area contributed by atoms with Gasteiger partial charge in [-0.25, -0.2) is 0 Å². The van der Waals surface area contributed by atoms with E-state index in [-0.39, 0.29) is 5.54 Å². The molecule has 5 aliphatic carbocycles. The maximum atomic E-state index is 6.90. The first-order chi connectivity index (χ1) is 8.24. The highest BCUT2D eigenvalue weighted by molar-refractivity contribution is 5.11. The van der Waals surface area contributed by atoms with Crippen molar-refractivity contribution in [1.82, 2.24) is 0 Å². The van der Waals surface area contributed by atoms with Gasteiger partial charge >= 0.3 is 0 Å². The highest BCUT2D eigenvalue weighted by Gasteiger charge is 2.56. The van der Waals surface area contributed by atoms with Crippen molar-refractivity contribution in [2.24, 2.45) is 35.3 Å². The van der Waals surface area contributed by atoms with Crippen LogP contribution in [0.1, 0.15) is 64.2 Å². The Morgan fingerprint density at radius 2 is 1.41 bits per heavy atom. The van der Waals surface area contributed by atoms with Gasteiger partial charge in [-0.2, -0.15) is 0 Å². The van der Waals surface area contributed by atoms with Crippen LogP contribution in [0.15, 0.2) is 0 Å². The Hall–Kier alpha value is -0.0400. The van der Waals surface area contributed by atoms with E-state index < -0.39 is 0 Å². The zero-order valence-corrected chi connectivity index (χ0v) is 11.0. The van der Waals surface area contributed by atoms with Gasteiger partial charge in [-0.05, 0) is 61.7 Å². The molecular weight excluding hydrogens is 206 g/mol. The normalized spacial score (nSPS) is 54.2. The molecule has 0 aromatic carbocycles. The van der Waals surface area contributed by atoms with Crippen LogP contribution in [0.4, 0.5) is 0 Å². The topological polar surface area (TPSA) is 26.0 Å². The summed E-state index contributed by atoms with van der Waals surface area (Å²) in [6.45, 7) is 0. The third-order valence-corrected chi connectivity index (χ3v) is 6.61. The van der Waals surface area contributed by atoms with Crippen LogP contribution >= 0.6 is 0 Å². The lowest BCUT2D eigenvalue weighted by atomic mass is 9.45. The predicted molar refractivity (Wildman–Crippen MR) is 70.5 cm³/mol. The van der Waals surface area contributed by atoms with Gasteiger partial charge in [-0.15, -0.1) is 0 Å². The lowest BCUT2D eigenvalue weighted by Crippen LogP contribution is -2.64. The minimum Gasteiger partial charge on any atom is -0.325 e. The number of nitrogens with two attached hydrogens (primary N) is 1. The van der Waals surface area contributed by atoms with E-state index in [0.717, 1.165) is 29.6 Å². The molecule has 0 radical (unpaired) electrons. The SMILES string of the molecule is NC12CC3CC(CC(C3)C1C1CCCCC1)C2. The first-order valence-electron chi connectivity index (χ1n) is 8.03. The average molecular weight is 233 g/mol. The maximum Gasteiger partial charge on any atom is 0.0193 e. The fraction of sp³-hybridized carbons (Fsp3) is 1.00. The van der Waals surface area contributed by atoms with E-state index in [2.05, 4.69) is 0 Å².